The SMILES string of the molecule is Brc1nn2cc(-c3cc4ccccn4c3)nc2s1. The van der Waals surface area contributed by atoms with E-state index in [1.54, 1.807) is 4.52 Å². The van der Waals surface area contributed by atoms with E-state index in [9.17, 15) is 0 Å². The second-order valence-corrected chi connectivity index (χ2v) is 6.20. The molecule has 4 aromatic heterocycles. The number of hydrogen-bond donors (Lipinski definition) is 0. The van der Waals surface area contributed by atoms with Gasteiger partial charge in [-0.2, -0.15) is 0 Å². The number of halogens is 1. The van der Waals surface area contributed by atoms with Gasteiger partial charge in [0.25, 0.3) is 0 Å². The predicted octanol–water partition coefficient (Wildman–Crippen LogP) is 3.47. The Morgan fingerprint density at radius 2 is 2.17 bits per heavy atom. The lowest BCUT2D eigenvalue weighted by atomic mass is 10.2. The van der Waals surface area contributed by atoms with Gasteiger partial charge in [-0.25, -0.2) is 9.50 Å². The molecule has 0 atom stereocenters. The van der Waals surface area contributed by atoms with Crippen LogP contribution in [0.1, 0.15) is 0 Å². The summed E-state index contributed by atoms with van der Waals surface area (Å²) in [6.07, 6.45) is 6.06. The summed E-state index contributed by atoms with van der Waals surface area (Å²) >= 11 is 4.88. The van der Waals surface area contributed by atoms with E-state index in [1.165, 1.54) is 11.3 Å². The molecule has 4 nitrogen and oxygen atoms in total. The molecule has 0 unspecified atom stereocenters. The van der Waals surface area contributed by atoms with Crippen molar-refractivity contribution >= 4 is 37.7 Å². The van der Waals surface area contributed by atoms with E-state index in [-0.39, 0.29) is 0 Å². The molecule has 0 bridgehead atoms. The van der Waals surface area contributed by atoms with Gasteiger partial charge >= 0.3 is 0 Å². The van der Waals surface area contributed by atoms with Crippen LogP contribution in [0.25, 0.3) is 21.7 Å². The number of hydrogen-bond acceptors (Lipinski definition) is 3. The molecule has 0 saturated carbocycles. The van der Waals surface area contributed by atoms with E-state index in [4.69, 9.17) is 0 Å². The molecular formula is C12H7BrN4S. The Morgan fingerprint density at radius 1 is 1.22 bits per heavy atom. The molecule has 0 aromatic carbocycles. The lowest BCUT2D eigenvalue weighted by Crippen LogP contribution is -1.78. The van der Waals surface area contributed by atoms with Crippen LogP contribution in [0, 0.1) is 0 Å². The van der Waals surface area contributed by atoms with E-state index >= 15 is 0 Å². The fraction of sp³-hybridized carbons (Fsp3) is 0. The minimum Gasteiger partial charge on any atom is -0.323 e. The Kier molecular flexibility index (Phi) is 2.09. The number of imidazole rings is 1. The molecule has 0 amide bonds. The van der Waals surface area contributed by atoms with Crippen molar-refractivity contribution in [3.05, 3.63) is 46.8 Å². The quantitative estimate of drug-likeness (QED) is 0.538. The van der Waals surface area contributed by atoms with Crippen molar-refractivity contribution in [1.29, 1.82) is 0 Å². The zero-order valence-electron chi connectivity index (χ0n) is 9.12. The van der Waals surface area contributed by atoms with E-state index in [1.807, 2.05) is 24.5 Å². The molecule has 0 N–H and O–H groups in total. The number of rotatable bonds is 1. The van der Waals surface area contributed by atoms with Crippen LogP contribution in [0.4, 0.5) is 0 Å². The zero-order valence-corrected chi connectivity index (χ0v) is 11.5. The largest absolute Gasteiger partial charge is 0.323 e. The van der Waals surface area contributed by atoms with Gasteiger partial charge in [0.15, 0.2) is 3.92 Å². The van der Waals surface area contributed by atoms with Crippen LogP contribution in [0.2, 0.25) is 0 Å². The molecular weight excluding hydrogens is 312 g/mol. The van der Waals surface area contributed by atoms with Gasteiger partial charge in [-0.05, 0) is 34.1 Å². The van der Waals surface area contributed by atoms with Gasteiger partial charge in [-0.1, -0.05) is 17.4 Å². The van der Waals surface area contributed by atoms with E-state index in [0.717, 1.165) is 25.7 Å². The van der Waals surface area contributed by atoms with E-state index in [2.05, 4.69) is 48.7 Å². The summed E-state index contributed by atoms with van der Waals surface area (Å²) < 4.78 is 4.73. The van der Waals surface area contributed by atoms with Crippen molar-refractivity contribution in [3.8, 4) is 11.3 Å². The van der Waals surface area contributed by atoms with Crippen LogP contribution < -0.4 is 0 Å². The number of nitrogens with zero attached hydrogens (tertiary/aromatic N) is 4. The summed E-state index contributed by atoms with van der Waals surface area (Å²) in [4.78, 5) is 5.47. The van der Waals surface area contributed by atoms with Gasteiger partial charge in [-0.3, -0.25) is 0 Å². The molecule has 0 radical (unpaired) electrons. The molecule has 88 valence electrons. The van der Waals surface area contributed by atoms with Gasteiger partial charge in [0.2, 0.25) is 4.96 Å². The maximum absolute atomic E-state index is 4.57. The van der Waals surface area contributed by atoms with Crippen LogP contribution in [0.3, 0.4) is 0 Å². The number of pyridine rings is 1. The Hall–Kier alpha value is -1.66. The monoisotopic (exact) mass is 318 g/mol. The van der Waals surface area contributed by atoms with Crippen LogP contribution in [0.15, 0.2) is 46.8 Å². The maximum Gasteiger partial charge on any atom is 0.213 e. The van der Waals surface area contributed by atoms with Gasteiger partial charge in [-0.15, -0.1) is 5.10 Å². The third kappa shape index (κ3) is 1.49. The van der Waals surface area contributed by atoms with Crippen molar-refractivity contribution < 1.29 is 0 Å². The summed E-state index contributed by atoms with van der Waals surface area (Å²) in [6.45, 7) is 0. The van der Waals surface area contributed by atoms with E-state index in [0.29, 0.717) is 0 Å². The molecule has 0 fully saturated rings. The number of aromatic nitrogens is 4. The fourth-order valence-electron chi connectivity index (χ4n) is 2.01. The van der Waals surface area contributed by atoms with Gasteiger partial charge in [0.05, 0.1) is 11.9 Å². The summed E-state index contributed by atoms with van der Waals surface area (Å²) in [7, 11) is 0. The van der Waals surface area contributed by atoms with E-state index < -0.39 is 0 Å². The molecule has 4 aromatic rings. The Labute approximate surface area is 115 Å². The van der Waals surface area contributed by atoms with Crippen molar-refractivity contribution in [2.24, 2.45) is 0 Å². The lowest BCUT2D eigenvalue weighted by Gasteiger charge is -1.89. The average Bonchev–Trinajstić information content (AvgIpc) is 2.98. The fourth-order valence-corrected chi connectivity index (χ4v) is 3.23. The zero-order chi connectivity index (χ0) is 12.1. The van der Waals surface area contributed by atoms with Crippen molar-refractivity contribution in [2.75, 3.05) is 0 Å². The van der Waals surface area contributed by atoms with Crippen LogP contribution in [0.5, 0.6) is 0 Å². The second-order valence-electron chi connectivity index (χ2n) is 3.97. The molecule has 18 heavy (non-hydrogen) atoms. The average molecular weight is 319 g/mol. The summed E-state index contributed by atoms with van der Waals surface area (Å²) in [6, 6.07) is 8.25. The second kappa shape index (κ2) is 3.66. The summed E-state index contributed by atoms with van der Waals surface area (Å²) in [5, 5.41) is 4.30. The third-order valence-electron chi connectivity index (χ3n) is 2.82. The lowest BCUT2D eigenvalue weighted by molar-refractivity contribution is 0.959. The molecule has 0 aliphatic heterocycles. The molecule has 0 spiro atoms. The minimum absolute atomic E-state index is 0.846. The normalized spacial score (nSPS) is 11.6. The highest BCUT2D eigenvalue weighted by molar-refractivity contribution is 9.11. The Balaban J connectivity index is 1.92. The Morgan fingerprint density at radius 3 is 3.00 bits per heavy atom. The maximum atomic E-state index is 4.57. The molecule has 6 heteroatoms. The topological polar surface area (TPSA) is 34.6 Å². The highest BCUT2D eigenvalue weighted by atomic mass is 79.9. The highest BCUT2D eigenvalue weighted by Gasteiger charge is 2.09. The minimum atomic E-state index is 0.846. The van der Waals surface area contributed by atoms with Crippen molar-refractivity contribution in [1.82, 2.24) is 19.0 Å². The highest BCUT2D eigenvalue weighted by Crippen LogP contribution is 2.25. The van der Waals surface area contributed by atoms with Crippen LogP contribution in [-0.4, -0.2) is 19.0 Å². The van der Waals surface area contributed by atoms with Crippen LogP contribution >= 0.6 is 27.3 Å². The first-order chi connectivity index (χ1) is 8.79. The third-order valence-corrected chi connectivity index (χ3v) is 4.17. The standard InChI is InChI=1S/C12H7BrN4S/c13-11-15-17-7-10(14-12(17)18-11)8-5-9-3-1-2-4-16(9)6-8/h1-7H. The van der Waals surface area contributed by atoms with Crippen molar-refractivity contribution in [3.63, 3.8) is 0 Å². The van der Waals surface area contributed by atoms with Crippen molar-refractivity contribution in [2.45, 2.75) is 0 Å². The smallest absolute Gasteiger partial charge is 0.213 e. The first-order valence-corrected chi connectivity index (χ1v) is 6.99. The molecule has 0 aliphatic rings. The predicted molar refractivity (Wildman–Crippen MR) is 75.0 cm³/mol. The summed E-state index contributed by atoms with van der Waals surface area (Å²) in [5.41, 5.74) is 3.22. The molecule has 0 saturated heterocycles. The first kappa shape index (κ1) is 10.3. The first-order valence-electron chi connectivity index (χ1n) is 5.38. The van der Waals surface area contributed by atoms with Gasteiger partial charge in [0.1, 0.15) is 0 Å². The molecule has 4 rings (SSSR count). The molecule has 0 aliphatic carbocycles. The van der Waals surface area contributed by atoms with Gasteiger partial charge < -0.3 is 4.40 Å². The number of fused-ring (bicyclic) bond motifs is 2. The molecule has 4 heterocycles. The summed E-state index contributed by atoms with van der Waals surface area (Å²) in [5.74, 6) is 0. The Bertz CT molecular complexity index is 793. The van der Waals surface area contributed by atoms with Crippen LogP contribution in [-0.2, 0) is 0 Å². The van der Waals surface area contributed by atoms with Gasteiger partial charge in [0, 0.05) is 23.5 Å².